The molecule has 2 heterocycles. The molecule has 11 aromatic rings. The Morgan fingerprint density at radius 1 is 0.309 bits per heavy atom. The van der Waals surface area contributed by atoms with Crippen molar-refractivity contribution >= 4 is 60.3 Å². The third-order valence-electron chi connectivity index (χ3n) is 18.8. The summed E-state index contributed by atoms with van der Waals surface area (Å²) in [5.41, 5.74) is 26.4. The predicted octanol–water partition coefficient (Wildman–Crippen LogP) is 21.9. The zero-order valence-electron chi connectivity index (χ0n) is 48.8. The Labute approximate surface area is 487 Å². The van der Waals surface area contributed by atoms with Crippen LogP contribution in [0.3, 0.4) is 0 Å². The van der Waals surface area contributed by atoms with Crippen LogP contribution >= 0.6 is 23.1 Å². The largest absolute Gasteiger partial charge is 0.310 e. The fourth-order valence-corrected chi connectivity index (χ4v) is 16.9. The molecule has 0 radical (unpaired) electrons. The van der Waals surface area contributed by atoms with Crippen LogP contribution in [0.5, 0.6) is 0 Å². The van der Waals surface area contributed by atoms with Crippen molar-refractivity contribution in [3.63, 3.8) is 0 Å². The standard InChI is InChI=1S/C78H69NS2/c1-73(2,3)46-28-34-53-54-35-29-47(74(4,5)6)41-62(54)77(61(53)40-46)59-22-15-13-20-52(59)57-38-32-50(44-65(57)77)79(67-24-19-27-71-72(67)58-21-14-17-25-68(58)80-71)51-33-39-70-66(45-51)78(60-23-16-18-26-69(60)81-70)63-42-48(75(7,8)9)30-36-55(63)56-37-31-49(43-64(56)78)76(10,11)12/h13-45H,1-12H3. The zero-order valence-corrected chi connectivity index (χ0v) is 50.4. The van der Waals surface area contributed by atoms with Gasteiger partial charge < -0.3 is 4.90 Å². The Morgan fingerprint density at radius 3 is 1.25 bits per heavy atom. The summed E-state index contributed by atoms with van der Waals surface area (Å²) in [6.07, 6.45) is 0. The van der Waals surface area contributed by atoms with E-state index in [1.54, 1.807) is 0 Å². The lowest BCUT2D eigenvalue weighted by Gasteiger charge is -2.41. The zero-order chi connectivity index (χ0) is 55.9. The second-order valence-corrected chi connectivity index (χ2v) is 29.8. The monoisotopic (exact) mass is 1080 g/mol. The van der Waals surface area contributed by atoms with Crippen molar-refractivity contribution in [2.75, 3.05) is 4.90 Å². The van der Waals surface area contributed by atoms with Crippen LogP contribution in [0.1, 0.15) is 150 Å². The van der Waals surface area contributed by atoms with Crippen molar-refractivity contribution in [3.05, 3.63) is 267 Å². The van der Waals surface area contributed by atoms with Crippen LogP contribution in [-0.2, 0) is 32.5 Å². The second-order valence-electron chi connectivity index (χ2n) is 27.7. The van der Waals surface area contributed by atoms with Crippen LogP contribution in [0.25, 0.3) is 53.6 Å². The number of benzene rings is 10. The van der Waals surface area contributed by atoms with Gasteiger partial charge in [0, 0.05) is 41.3 Å². The SMILES string of the molecule is CC(C)(C)c1ccc2c(c1)C1(c3ccccc3Sc3ccc(N(c4ccc5c(c4)C4(c6ccccc6-5)c5cc(C(C)(C)C)ccc5-c5ccc(C(C)(C)C)cc54)c4cccc5sc6ccccc6c45)cc31)c1cc(C(C)(C)C)ccc1-2. The quantitative estimate of drug-likeness (QED) is 0.173. The predicted molar refractivity (Wildman–Crippen MR) is 347 cm³/mol. The summed E-state index contributed by atoms with van der Waals surface area (Å²) >= 11 is 3.82. The lowest BCUT2D eigenvalue weighted by atomic mass is 9.66. The van der Waals surface area contributed by atoms with Gasteiger partial charge in [-0.15, -0.1) is 11.3 Å². The third-order valence-corrected chi connectivity index (χ3v) is 21.1. The van der Waals surface area contributed by atoms with Gasteiger partial charge in [-0.2, -0.15) is 0 Å². The molecule has 2 spiro atoms. The van der Waals surface area contributed by atoms with E-state index in [4.69, 9.17) is 0 Å². The highest BCUT2D eigenvalue weighted by Gasteiger charge is 2.54. The smallest absolute Gasteiger partial charge is 0.0736 e. The normalized spacial score (nSPS) is 15.1. The van der Waals surface area contributed by atoms with Gasteiger partial charge in [-0.3, -0.25) is 0 Å². The van der Waals surface area contributed by atoms with Crippen molar-refractivity contribution in [1.29, 1.82) is 0 Å². The molecular weight excluding hydrogens is 1010 g/mol. The van der Waals surface area contributed by atoms with Crippen LogP contribution in [0.4, 0.5) is 17.1 Å². The van der Waals surface area contributed by atoms with E-state index >= 15 is 0 Å². The summed E-state index contributed by atoms with van der Waals surface area (Å²) in [5.74, 6) is 0. The minimum atomic E-state index is -0.594. The lowest BCUT2D eigenvalue weighted by Crippen LogP contribution is -2.33. The van der Waals surface area contributed by atoms with E-state index < -0.39 is 10.8 Å². The van der Waals surface area contributed by atoms with Gasteiger partial charge >= 0.3 is 0 Å². The number of rotatable bonds is 3. The molecule has 0 bridgehead atoms. The molecule has 1 nitrogen and oxygen atoms in total. The molecule has 15 rings (SSSR count). The average molecular weight is 1080 g/mol. The molecule has 398 valence electrons. The Morgan fingerprint density at radius 2 is 0.704 bits per heavy atom. The summed E-state index contributed by atoms with van der Waals surface area (Å²) in [4.78, 5) is 5.25. The van der Waals surface area contributed by atoms with E-state index in [0.717, 1.165) is 11.4 Å². The molecular formula is C78H69NS2. The van der Waals surface area contributed by atoms with E-state index in [1.165, 1.54) is 136 Å². The topological polar surface area (TPSA) is 3.24 Å². The first-order valence-corrected chi connectivity index (χ1v) is 30.8. The molecule has 4 aliphatic rings. The number of hydrogen-bond acceptors (Lipinski definition) is 3. The highest BCUT2D eigenvalue weighted by molar-refractivity contribution is 7.99. The fraction of sp³-hybridized carbons (Fsp3) is 0.231. The van der Waals surface area contributed by atoms with Crippen molar-refractivity contribution in [3.8, 4) is 33.4 Å². The maximum absolute atomic E-state index is 2.64. The minimum Gasteiger partial charge on any atom is -0.310 e. The van der Waals surface area contributed by atoms with Crippen LogP contribution in [0.2, 0.25) is 0 Å². The van der Waals surface area contributed by atoms with Gasteiger partial charge in [0.1, 0.15) is 0 Å². The Balaban J connectivity index is 1.05. The van der Waals surface area contributed by atoms with Crippen molar-refractivity contribution in [1.82, 2.24) is 0 Å². The molecule has 81 heavy (non-hydrogen) atoms. The Kier molecular flexibility index (Phi) is 10.6. The molecule has 0 amide bonds. The maximum atomic E-state index is 2.64. The van der Waals surface area contributed by atoms with E-state index in [9.17, 15) is 0 Å². The molecule has 3 heteroatoms. The molecule has 0 saturated carbocycles. The Bertz CT molecular complexity index is 4370. The summed E-state index contributed by atoms with van der Waals surface area (Å²) in [5, 5.41) is 2.57. The van der Waals surface area contributed by atoms with Crippen LogP contribution in [-0.4, -0.2) is 0 Å². The number of nitrogens with zero attached hydrogens (tertiary/aromatic N) is 1. The molecule has 0 N–H and O–H groups in total. The molecule has 1 aliphatic heterocycles. The number of hydrogen-bond donors (Lipinski definition) is 0. The maximum Gasteiger partial charge on any atom is 0.0736 e. The van der Waals surface area contributed by atoms with Gasteiger partial charge in [0.25, 0.3) is 0 Å². The first kappa shape index (κ1) is 50.5. The van der Waals surface area contributed by atoms with E-state index in [1.807, 2.05) is 23.1 Å². The first-order chi connectivity index (χ1) is 38.7. The number of fused-ring (bicyclic) bond motifs is 22. The molecule has 10 aromatic carbocycles. The van der Waals surface area contributed by atoms with Gasteiger partial charge in [0.15, 0.2) is 0 Å². The van der Waals surface area contributed by atoms with Gasteiger partial charge in [0.2, 0.25) is 0 Å². The molecule has 1 aromatic heterocycles. The van der Waals surface area contributed by atoms with Crippen LogP contribution in [0, 0.1) is 0 Å². The highest BCUT2D eigenvalue weighted by Crippen LogP contribution is 2.66. The molecule has 0 saturated heterocycles. The number of anilines is 3. The van der Waals surface area contributed by atoms with Crippen molar-refractivity contribution in [2.24, 2.45) is 0 Å². The van der Waals surface area contributed by atoms with Gasteiger partial charge in [-0.05, 0) is 176 Å². The van der Waals surface area contributed by atoms with E-state index in [-0.39, 0.29) is 21.7 Å². The summed E-state index contributed by atoms with van der Waals surface area (Å²) in [6.45, 7) is 28.3. The van der Waals surface area contributed by atoms with Gasteiger partial charge in [-0.25, -0.2) is 0 Å². The van der Waals surface area contributed by atoms with Gasteiger partial charge in [0.05, 0.1) is 16.5 Å². The minimum absolute atomic E-state index is 0.0469. The Hall–Kier alpha value is -7.43. The van der Waals surface area contributed by atoms with Crippen LogP contribution < -0.4 is 4.90 Å². The van der Waals surface area contributed by atoms with Crippen molar-refractivity contribution < 1.29 is 0 Å². The molecule has 0 atom stereocenters. The summed E-state index contributed by atoms with van der Waals surface area (Å²) < 4.78 is 2.58. The number of thiophene rings is 1. The fourth-order valence-electron chi connectivity index (χ4n) is 14.6. The summed E-state index contributed by atoms with van der Waals surface area (Å²) in [7, 11) is 0. The first-order valence-electron chi connectivity index (χ1n) is 29.1. The third kappa shape index (κ3) is 7.10. The van der Waals surface area contributed by atoms with Gasteiger partial charge in [-0.1, -0.05) is 240 Å². The average Bonchev–Trinajstić information content (AvgIpc) is 1.81. The molecule has 0 unspecified atom stereocenters. The lowest BCUT2D eigenvalue weighted by molar-refractivity contribution is 0.585. The van der Waals surface area contributed by atoms with Crippen LogP contribution in [0.15, 0.2) is 210 Å². The van der Waals surface area contributed by atoms with E-state index in [2.05, 4.69) is 288 Å². The summed E-state index contributed by atoms with van der Waals surface area (Å²) in [6, 6.07) is 79.3. The van der Waals surface area contributed by atoms with E-state index in [0.29, 0.717) is 0 Å². The van der Waals surface area contributed by atoms with Crippen molar-refractivity contribution in [2.45, 2.75) is 125 Å². The highest BCUT2D eigenvalue weighted by atomic mass is 32.2. The molecule has 3 aliphatic carbocycles. The second kappa shape index (κ2) is 17.1. The molecule has 0 fully saturated rings.